The van der Waals surface area contributed by atoms with E-state index in [0.717, 1.165) is 33.7 Å². The van der Waals surface area contributed by atoms with E-state index in [4.69, 9.17) is 21.6 Å². The summed E-state index contributed by atoms with van der Waals surface area (Å²) >= 11 is 6.32. The third-order valence-corrected chi connectivity index (χ3v) is 5.95. The van der Waals surface area contributed by atoms with Crippen molar-refractivity contribution in [2.24, 2.45) is 0 Å². The smallest absolute Gasteiger partial charge is 0.225 e. The second kappa shape index (κ2) is 7.43. The Morgan fingerprint density at radius 1 is 1.00 bits per heavy atom. The summed E-state index contributed by atoms with van der Waals surface area (Å²) in [6, 6.07) is 6.59. The summed E-state index contributed by atoms with van der Waals surface area (Å²) < 4.78 is 0. The summed E-state index contributed by atoms with van der Waals surface area (Å²) in [7, 11) is 0. The van der Waals surface area contributed by atoms with Gasteiger partial charge in [-0.1, -0.05) is 36.9 Å². The van der Waals surface area contributed by atoms with Crippen molar-refractivity contribution in [3.8, 4) is 0 Å². The summed E-state index contributed by atoms with van der Waals surface area (Å²) in [5.74, 6) is 2.21. The fraction of sp³-hybridized carbons (Fsp3) is 0.524. The zero-order chi connectivity index (χ0) is 18.1. The molecule has 1 heterocycles. The molecule has 2 saturated carbocycles. The van der Waals surface area contributed by atoms with Gasteiger partial charge in [0.25, 0.3) is 0 Å². The Hall–Kier alpha value is -1.81. The summed E-state index contributed by atoms with van der Waals surface area (Å²) in [6.45, 7) is 4.14. The van der Waals surface area contributed by atoms with Crippen LogP contribution in [0.3, 0.4) is 0 Å². The number of benzene rings is 1. The Labute approximate surface area is 160 Å². The topological polar surface area (TPSA) is 49.8 Å². The number of hydrogen-bond donors (Lipinski definition) is 2. The van der Waals surface area contributed by atoms with Gasteiger partial charge >= 0.3 is 0 Å². The molecule has 26 heavy (non-hydrogen) atoms. The number of aryl methyl sites for hydroxylation is 1. The minimum Gasteiger partial charge on any atom is -0.351 e. The fourth-order valence-electron chi connectivity index (χ4n) is 3.75. The maximum atomic E-state index is 6.32. The van der Waals surface area contributed by atoms with Gasteiger partial charge in [-0.2, -0.15) is 4.98 Å². The van der Waals surface area contributed by atoms with Crippen LogP contribution in [0, 0.1) is 13.8 Å². The van der Waals surface area contributed by atoms with Gasteiger partial charge in [0.15, 0.2) is 0 Å². The van der Waals surface area contributed by atoms with Crippen molar-refractivity contribution < 1.29 is 0 Å². The molecule has 1 aromatic carbocycles. The van der Waals surface area contributed by atoms with Gasteiger partial charge in [-0.05, 0) is 56.7 Å². The molecular weight excluding hydrogens is 344 g/mol. The molecule has 0 unspecified atom stereocenters. The molecule has 2 aliphatic carbocycles. The fourth-order valence-corrected chi connectivity index (χ4v) is 3.91. The third-order valence-electron chi connectivity index (χ3n) is 5.54. The van der Waals surface area contributed by atoms with E-state index in [9.17, 15) is 0 Å². The lowest BCUT2D eigenvalue weighted by Gasteiger charge is -2.23. The molecule has 0 bridgehead atoms. The molecule has 4 nitrogen and oxygen atoms in total. The SMILES string of the molecule is Cc1ccc(Cl)c(C)c1Nc1cc(C2CC2)nc(NC2CCCCC2)n1. The molecule has 5 heteroatoms. The number of anilines is 3. The molecule has 0 spiro atoms. The first-order valence-electron chi connectivity index (χ1n) is 9.78. The molecule has 2 aromatic rings. The maximum Gasteiger partial charge on any atom is 0.225 e. The van der Waals surface area contributed by atoms with Gasteiger partial charge < -0.3 is 10.6 Å². The predicted octanol–water partition coefficient (Wildman–Crippen LogP) is 6.11. The van der Waals surface area contributed by atoms with E-state index in [0.29, 0.717) is 12.0 Å². The van der Waals surface area contributed by atoms with E-state index in [1.165, 1.54) is 50.5 Å². The average molecular weight is 371 g/mol. The highest BCUT2D eigenvalue weighted by Gasteiger charge is 2.27. The summed E-state index contributed by atoms with van der Waals surface area (Å²) in [5.41, 5.74) is 4.42. The van der Waals surface area contributed by atoms with Crippen molar-refractivity contribution in [2.45, 2.75) is 70.8 Å². The van der Waals surface area contributed by atoms with Crippen LogP contribution >= 0.6 is 11.6 Å². The normalized spacial score (nSPS) is 18.0. The van der Waals surface area contributed by atoms with E-state index in [-0.39, 0.29) is 0 Å². The first-order valence-corrected chi connectivity index (χ1v) is 10.2. The van der Waals surface area contributed by atoms with E-state index < -0.39 is 0 Å². The van der Waals surface area contributed by atoms with Gasteiger partial charge in [-0.25, -0.2) is 4.98 Å². The molecule has 0 saturated heterocycles. The summed E-state index contributed by atoms with van der Waals surface area (Å²) in [6.07, 6.45) is 8.83. The monoisotopic (exact) mass is 370 g/mol. The molecular formula is C21H27ClN4. The molecule has 1 aromatic heterocycles. The minimum atomic E-state index is 0.501. The quantitative estimate of drug-likeness (QED) is 0.666. The van der Waals surface area contributed by atoms with Crippen LogP contribution in [0.2, 0.25) is 5.02 Å². The van der Waals surface area contributed by atoms with Gasteiger partial charge in [-0.3, -0.25) is 0 Å². The van der Waals surface area contributed by atoms with Gasteiger partial charge in [0.2, 0.25) is 5.95 Å². The highest BCUT2D eigenvalue weighted by Crippen LogP contribution is 2.40. The van der Waals surface area contributed by atoms with Crippen LogP contribution in [0.25, 0.3) is 0 Å². The standard InChI is InChI=1S/C21H27ClN4/c1-13-8-11-17(22)14(2)20(13)25-19-12-18(15-9-10-15)24-21(26-19)23-16-6-4-3-5-7-16/h8,11-12,15-16H,3-7,9-10H2,1-2H3,(H2,23,24,25,26). The first kappa shape index (κ1) is 17.6. The van der Waals surface area contributed by atoms with Crippen molar-refractivity contribution in [3.63, 3.8) is 0 Å². The zero-order valence-corrected chi connectivity index (χ0v) is 16.4. The van der Waals surface area contributed by atoms with Gasteiger partial charge in [0.05, 0.1) is 5.69 Å². The van der Waals surface area contributed by atoms with Crippen molar-refractivity contribution in [2.75, 3.05) is 10.6 Å². The second-order valence-corrected chi connectivity index (χ2v) is 8.15. The van der Waals surface area contributed by atoms with Crippen molar-refractivity contribution in [3.05, 3.63) is 40.0 Å². The lowest BCUT2D eigenvalue weighted by molar-refractivity contribution is 0.460. The van der Waals surface area contributed by atoms with Crippen LogP contribution in [-0.2, 0) is 0 Å². The van der Waals surface area contributed by atoms with Crippen LogP contribution in [0.5, 0.6) is 0 Å². The largest absolute Gasteiger partial charge is 0.351 e. The number of nitrogens with zero attached hydrogens (tertiary/aromatic N) is 2. The lowest BCUT2D eigenvalue weighted by Crippen LogP contribution is -2.24. The number of nitrogens with one attached hydrogen (secondary N) is 2. The van der Waals surface area contributed by atoms with Gasteiger partial charge in [0.1, 0.15) is 5.82 Å². The Balaban J connectivity index is 1.62. The molecule has 0 amide bonds. The number of halogens is 1. The Morgan fingerprint density at radius 3 is 2.50 bits per heavy atom. The second-order valence-electron chi connectivity index (χ2n) is 7.74. The van der Waals surface area contributed by atoms with Gasteiger partial charge in [0, 0.05) is 28.7 Å². The Bertz CT molecular complexity index is 795. The van der Waals surface area contributed by atoms with Crippen LogP contribution in [-0.4, -0.2) is 16.0 Å². The predicted molar refractivity (Wildman–Crippen MR) is 109 cm³/mol. The zero-order valence-electron chi connectivity index (χ0n) is 15.6. The lowest BCUT2D eigenvalue weighted by atomic mass is 9.96. The molecule has 138 valence electrons. The van der Waals surface area contributed by atoms with E-state index in [2.05, 4.69) is 23.6 Å². The van der Waals surface area contributed by atoms with Crippen molar-refractivity contribution >= 4 is 29.1 Å². The van der Waals surface area contributed by atoms with Crippen LogP contribution in [0.15, 0.2) is 18.2 Å². The average Bonchev–Trinajstić information content (AvgIpc) is 3.48. The Morgan fingerprint density at radius 2 is 1.77 bits per heavy atom. The van der Waals surface area contributed by atoms with Crippen LogP contribution in [0.4, 0.5) is 17.5 Å². The van der Waals surface area contributed by atoms with Gasteiger partial charge in [-0.15, -0.1) is 0 Å². The minimum absolute atomic E-state index is 0.501. The molecule has 2 fully saturated rings. The van der Waals surface area contributed by atoms with Crippen molar-refractivity contribution in [1.82, 2.24) is 9.97 Å². The summed E-state index contributed by atoms with van der Waals surface area (Å²) in [5, 5.41) is 7.86. The van der Waals surface area contributed by atoms with Crippen LogP contribution in [0.1, 0.15) is 67.7 Å². The van der Waals surface area contributed by atoms with Crippen molar-refractivity contribution in [1.29, 1.82) is 0 Å². The van der Waals surface area contributed by atoms with Crippen LogP contribution < -0.4 is 10.6 Å². The molecule has 2 N–H and O–H groups in total. The van der Waals surface area contributed by atoms with E-state index in [1.807, 2.05) is 19.1 Å². The Kier molecular flexibility index (Phi) is 5.03. The van der Waals surface area contributed by atoms with E-state index in [1.54, 1.807) is 0 Å². The number of hydrogen-bond acceptors (Lipinski definition) is 4. The molecule has 0 aliphatic heterocycles. The molecule has 0 atom stereocenters. The first-order chi connectivity index (χ1) is 12.6. The molecule has 2 aliphatic rings. The summed E-state index contributed by atoms with van der Waals surface area (Å²) in [4.78, 5) is 9.57. The maximum absolute atomic E-state index is 6.32. The number of rotatable bonds is 5. The molecule has 4 rings (SSSR count). The third kappa shape index (κ3) is 3.96. The number of aromatic nitrogens is 2. The highest BCUT2D eigenvalue weighted by molar-refractivity contribution is 6.31. The van der Waals surface area contributed by atoms with E-state index >= 15 is 0 Å². The molecule has 0 radical (unpaired) electrons. The highest BCUT2D eigenvalue weighted by atomic mass is 35.5.